The van der Waals surface area contributed by atoms with Gasteiger partial charge in [0.2, 0.25) is 5.89 Å². The van der Waals surface area contributed by atoms with Crippen LogP contribution in [0.25, 0.3) is 0 Å². The molecule has 25 heavy (non-hydrogen) atoms. The molecule has 1 aromatic carbocycles. The van der Waals surface area contributed by atoms with Gasteiger partial charge in [0.15, 0.2) is 5.82 Å². The Morgan fingerprint density at radius 1 is 1.24 bits per heavy atom. The molecule has 0 aliphatic carbocycles. The summed E-state index contributed by atoms with van der Waals surface area (Å²) in [6, 6.07) is 11.2. The van der Waals surface area contributed by atoms with Crippen molar-refractivity contribution in [2.75, 3.05) is 26.2 Å². The third kappa shape index (κ3) is 3.47. The predicted molar refractivity (Wildman–Crippen MR) is 94.0 cm³/mol. The molecule has 3 heterocycles. The summed E-state index contributed by atoms with van der Waals surface area (Å²) in [5.41, 5.74) is 1.36. The molecule has 6 nitrogen and oxygen atoms in total. The van der Waals surface area contributed by atoms with Crippen molar-refractivity contribution in [1.82, 2.24) is 19.9 Å². The average Bonchev–Trinajstić information content (AvgIpc) is 3.29. The van der Waals surface area contributed by atoms with Crippen molar-refractivity contribution in [3.05, 3.63) is 47.6 Å². The van der Waals surface area contributed by atoms with Gasteiger partial charge < -0.3 is 9.26 Å². The van der Waals surface area contributed by atoms with Crippen molar-refractivity contribution in [3.8, 4) is 0 Å². The smallest absolute Gasteiger partial charge is 0.243 e. The number of hydrogen-bond donors (Lipinski definition) is 0. The van der Waals surface area contributed by atoms with E-state index in [0.717, 1.165) is 45.0 Å². The fraction of sp³-hybridized carbons (Fsp3) is 0.579. The lowest BCUT2D eigenvalue weighted by molar-refractivity contribution is -0.0505. The Balaban J connectivity index is 1.45. The van der Waals surface area contributed by atoms with Crippen molar-refractivity contribution in [2.24, 2.45) is 0 Å². The monoisotopic (exact) mass is 342 g/mol. The van der Waals surface area contributed by atoms with Gasteiger partial charge in [-0.25, -0.2) is 0 Å². The minimum absolute atomic E-state index is 0.126. The van der Waals surface area contributed by atoms with Gasteiger partial charge in [-0.1, -0.05) is 42.4 Å². The largest absolute Gasteiger partial charge is 0.374 e. The summed E-state index contributed by atoms with van der Waals surface area (Å²) < 4.78 is 11.5. The Morgan fingerprint density at radius 2 is 2.08 bits per heavy atom. The first-order valence-corrected chi connectivity index (χ1v) is 9.20. The maximum Gasteiger partial charge on any atom is 0.243 e. The first-order valence-electron chi connectivity index (χ1n) is 9.20. The molecule has 1 aromatic heterocycles. The minimum Gasteiger partial charge on any atom is -0.374 e. The number of aromatic nitrogens is 2. The van der Waals surface area contributed by atoms with Crippen LogP contribution >= 0.6 is 0 Å². The van der Waals surface area contributed by atoms with Crippen LogP contribution in [0.2, 0.25) is 0 Å². The van der Waals surface area contributed by atoms with E-state index in [9.17, 15) is 0 Å². The normalized spacial score (nSPS) is 25.8. The summed E-state index contributed by atoms with van der Waals surface area (Å²) in [6.07, 6.45) is 1.06. The van der Waals surface area contributed by atoms with E-state index in [1.54, 1.807) is 0 Å². The van der Waals surface area contributed by atoms with Crippen molar-refractivity contribution >= 4 is 0 Å². The molecule has 2 aromatic rings. The predicted octanol–water partition coefficient (Wildman–Crippen LogP) is 2.28. The number of fused-ring (bicyclic) bond motifs is 1. The fourth-order valence-electron chi connectivity index (χ4n) is 3.85. The highest BCUT2D eigenvalue weighted by molar-refractivity contribution is 5.15. The number of nitrogens with zero attached hydrogens (tertiary/aromatic N) is 4. The van der Waals surface area contributed by atoms with Gasteiger partial charge in [-0.05, 0) is 12.5 Å². The van der Waals surface area contributed by atoms with Crippen LogP contribution in [0.5, 0.6) is 0 Å². The van der Waals surface area contributed by atoms with Crippen molar-refractivity contribution in [2.45, 2.75) is 45.0 Å². The number of aryl methyl sites for hydroxylation is 1. The fourth-order valence-corrected chi connectivity index (χ4v) is 3.85. The molecule has 0 saturated carbocycles. The molecule has 3 atom stereocenters. The zero-order chi connectivity index (χ0) is 17.2. The Morgan fingerprint density at radius 3 is 2.84 bits per heavy atom. The first-order chi connectivity index (χ1) is 12.2. The van der Waals surface area contributed by atoms with Crippen LogP contribution in [-0.4, -0.2) is 58.3 Å². The van der Waals surface area contributed by atoms with Crippen molar-refractivity contribution < 1.29 is 9.26 Å². The van der Waals surface area contributed by atoms with Crippen LogP contribution in [0.15, 0.2) is 34.9 Å². The number of rotatable bonds is 5. The van der Waals surface area contributed by atoms with E-state index in [2.05, 4.69) is 57.2 Å². The van der Waals surface area contributed by atoms with Gasteiger partial charge in [-0.15, -0.1) is 0 Å². The molecule has 2 aliphatic rings. The van der Waals surface area contributed by atoms with Gasteiger partial charge >= 0.3 is 0 Å². The van der Waals surface area contributed by atoms with E-state index >= 15 is 0 Å². The molecule has 4 rings (SSSR count). The maximum atomic E-state index is 6.06. The van der Waals surface area contributed by atoms with E-state index in [0.29, 0.717) is 11.9 Å². The Bertz CT molecular complexity index is 690. The quantitative estimate of drug-likeness (QED) is 0.831. The summed E-state index contributed by atoms with van der Waals surface area (Å²) in [5, 5.41) is 4.03. The molecular weight excluding hydrogens is 316 g/mol. The molecule has 0 N–H and O–H groups in total. The summed E-state index contributed by atoms with van der Waals surface area (Å²) in [6.45, 7) is 8.85. The summed E-state index contributed by atoms with van der Waals surface area (Å²) in [4.78, 5) is 9.47. The summed E-state index contributed by atoms with van der Waals surface area (Å²) >= 11 is 0. The second kappa shape index (κ2) is 7.23. The number of likely N-dealkylation sites (tertiary alicyclic amines) is 1. The second-order valence-corrected chi connectivity index (χ2v) is 6.96. The van der Waals surface area contributed by atoms with Crippen molar-refractivity contribution in [3.63, 3.8) is 0 Å². The van der Waals surface area contributed by atoms with Crippen LogP contribution in [0, 0.1) is 0 Å². The van der Waals surface area contributed by atoms with Crippen LogP contribution in [0.3, 0.4) is 0 Å². The molecule has 0 spiro atoms. The Kier molecular flexibility index (Phi) is 4.83. The van der Waals surface area contributed by atoms with Crippen LogP contribution in [0.1, 0.15) is 37.2 Å². The number of ether oxygens (including phenoxy) is 1. The molecular formula is C19H26N4O2. The lowest BCUT2D eigenvalue weighted by Gasteiger charge is -2.37. The molecule has 0 unspecified atom stereocenters. The zero-order valence-corrected chi connectivity index (χ0v) is 15.0. The van der Waals surface area contributed by atoms with Gasteiger partial charge in [0.1, 0.15) is 0 Å². The summed E-state index contributed by atoms with van der Waals surface area (Å²) in [7, 11) is 0. The molecule has 0 radical (unpaired) electrons. The molecule has 134 valence electrons. The average molecular weight is 342 g/mol. The summed E-state index contributed by atoms with van der Waals surface area (Å²) in [5.74, 6) is 1.49. The van der Waals surface area contributed by atoms with Gasteiger partial charge in [-0.3, -0.25) is 9.80 Å². The highest BCUT2D eigenvalue weighted by Crippen LogP contribution is 2.30. The van der Waals surface area contributed by atoms with Gasteiger partial charge in [0.05, 0.1) is 24.8 Å². The molecule has 2 saturated heterocycles. The molecule has 2 aliphatic heterocycles. The maximum absolute atomic E-state index is 6.06. The number of hydrogen-bond acceptors (Lipinski definition) is 6. The lowest BCUT2D eigenvalue weighted by Crippen LogP contribution is -2.50. The Hall–Kier alpha value is -1.76. The SMILES string of the molecule is CCc1noc([C@H](C)N2C[C@H]3OCCN(Cc4ccccc4)[C@H]3C2)n1. The highest BCUT2D eigenvalue weighted by atomic mass is 16.5. The second-order valence-electron chi connectivity index (χ2n) is 6.96. The van der Waals surface area contributed by atoms with E-state index in [1.165, 1.54) is 5.56 Å². The first kappa shape index (κ1) is 16.7. The number of morpholine rings is 1. The minimum atomic E-state index is 0.126. The van der Waals surface area contributed by atoms with Gasteiger partial charge in [0.25, 0.3) is 0 Å². The standard InChI is InChI=1S/C19H26N4O2/c1-3-18-20-19(25-21-18)14(2)23-12-16-17(13-23)24-10-9-22(16)11-15-7-5-4-6-8-15/h4-8,14,16-17H,3,9-13H2,1-2H3/t14-,16-,17+/m0/s1. The third-order valence-electron chi connectivity index (χ3n) is 5.38. The van der Waals surface area contributed by atoms with E-state index in [-0.39, 0.29) is 12.1 Å². The lowest BCUT2D eigenvalue weighted by atomic mass is 10.1. The molecule has 2 fully saturated rings. The van der Waals surface area contributed by atoms with E-state index in [1.807, 2.05) is 6.92 Å². The van der Waals surface area contributed by atoms with E-state index < -0.39 is 0 Å². The van der Waals surface area contributed by atoms with Crippen molar-refractivity contribution in [1.29, 1.82) is 0 Å². The molecule has 0 amide bonds. The topological polar surface area (TPSA) is 54.6 Å². The van der Waals surface area contributed by atoms with Crippen LogP contribution in [-0.2, 0) is 17.7 Å². The van der Waals surface area contributed by atoms with Crippen LogP contribution in [0.4, 0.5) is 0 Å². The zero-order valence-electron chi connectivity index (χ0n) is 15.0. The third-order valence-corrected chi connectivity index (χ3v) is 5.38. The molecule has 0 bridgehead atoms. The van der Waals surface area contributed by atoms with Gasteiger partial charge in [0, 0.05) is 32.6 Å². The van der Waals surface area contributed by atoms with E-state index in [4.69, 9.17) is 9.26 Å². The molecule has 6 heteroatoms. The number of benzene rings is 1. The van der Waals surface area contributed by atoms with Crippen LogP contribution < -0.4 is 0 Å². The van der Waals surface area contributed by atoms with Gasteiger partial charge in [-0.2, -0.15) is 4.98 Å². The Labute approximate surface area is 148 Å². The highest BCUT2D eigenvalue weighted by Gasteiger charge is 2.42.